The van der Waals surface area contributed by atoms with Crippen molar-refractivity contribution in [2.75, 3.05) is 18.5 Å². The van der Waals surface area contributed by atoms with Gasteiger partial charge in [-0.3, -0.25) is 4.79 Å². The largest absolute Gasteiger partial charge is 0.490 e. The van der Waals surface area contributed by atoms with Gasteiger partial charge in [0.25, 0.3) is 5.91 Å². The molecule has 0 saturated carbocycles. The highest BCUT2D eigenvalue weighted by Gasteiger charge is 2.15. The number of amides is 1. The van der Waals surface area contributed by atoms with Crippen molar-refractivity contribution in [3.8, 4) is 17.6 Å². The van der Waals surface area contributed by atoms with Crippen LogP contribution in [0.3, 0.4) is 0 Å². The minimum absolute atomic E-state index is 0.232. The van der Waals surface area contributed by atoms with Crippen LogP contribution in [0.5, 0.6) is 11.5 Å². The SMILES string of the molecule is CCOc1cc(/C=C(/C#N)c2ccc3ccccc3c2)cc(Cl)c1OCC(=O)Nc1ccccc1. The van der Waals surface area contributed by atoms with E-state index in [4.69, 9.17) is 21.1 Å². The third-order valence-corrected chi connectivity index (χ3v) is 5.51. The first-order valence-corrected chi connectivity index (χ1v) is 11.5. The zero-order chi connectivity index (χ0) is 24.6. The summed E-state index contributed by atoms with van der Waals surface area (Å²) in [4.78, 5) is 12.3. The van der Waals surface area contributed by atoms with Gasteiger partial charge < -0.3 is 14.8 Å². The molecular weight excluding hydrogens is 460 g/mol. The lowest BCUT2D eigenvalue weighted by Gasteiger charge is -2.15. The molecule has 0 aliphatic rings. The van der Waals surface area contributed by atoms with E-state index in [-0.39, 0.29) is 23.3 Å². The van der Waals surface area contributed by atoms with E-state index in [9.17, 15) is 10.1 Å². The Kier molecular flexibility index (Phi) is 7.67. The number of fused-ring (bicyclic) bond motifs is 1. The molecule has 35 heavy (non-hydrogen) atoms. The molecule has 1 amide bonds. The summed E-state index contributed by atoms with van der Waals surface area (Å²) in [6, 6.07) is 28.7. The predicted molar refractivity (Wildman–Crippen MR) is 141 cm³/mol. The molecule has 0 aliphatic heterocycles. The van der Waals surface area contributed by atoms with Gasteiger partial charge in [-0.2, -0.15) is 5.26 Å². The summed E-state index contributed by atoms with van der Waals surface area (Å²) in [5.41, 5.74) is 2.66. The Labute approximate surface area is 209 Å². The molecule has 0 heterocycles. The number of allylic oxidation sites excluding steroid dienone is 1. The highest BCUT2D eigenvalue weighted by molar-refractivity contribution is 6.32. The van der Waals surface area contributed by atoms with Gasteiger partial charge in [0.1, 0.15) is 0 Å². The Balaban J connectivity index is 1.58. The number of nitrogens with zero attached hydrogens (tertiary/aromatic N) is 1. The van der Waals surface area contributed by atoms with Crippen molar-refractivity contribution in [3.05, 3.63) is 101 Å². The fourth-order valence-electron chi connectivity index (χ4n) is 3.63. The van der Waals surface area contributed by atoms with Crippen LogP contribution in [-0.4, -0.2) is 19.1 Å². The number of hydrogen-bond donors (Lipinski definition) is 1. The summed E-state index contributed by atoms with van der Waals surface area (Å²) < 4.78 is 11.5. The standard InChI is InChI=1S/C29H23ClN2O3/c1-2-34-27-16-20(14-24(18-31)23-13-12-21-8-6-7-9-22(21)17-23)15-26(30)29(27)35-19-28(33)32-25-10-4-3-5-11-25/h3-17H,2,19H2,1H3,(H,32,33)/b24-14-. The maximum absolute atomic E-state index is 12.3. The van der Waals surface area contributed by atoms with Crippen molar-refractivity contribution in [2.45, 2.75) is 6.92 Å². The van der Waals surface area contributed by atoms with Crippen molar-refractivity contribution in [2.24, 2.45) is 0 Å². The maximum Gasteiger partial charge on any atom is 0.262 e. The lowest BCUT2D eigenvalue weighted by molar-refractivity contribution is -0.118. The molecule has 5 nitrogen and oxygen atoms in total. The van der Waals surface area contributed by atoms with Crippen molar-refractivity contribution in [3.63, 3.8) is 0 Å². The predicted octanol–water partition coefficient (Wildman–Crippen LogP) is 6.97. The third-order valence-electron chi connectivity index (χ3n) is 5.23. The first kappa shape index (κ1) is 23.9. The molecule has 0 aromatic heterocycles. The van der Waals surface area contributed by atoms with Crippen LogP contribution in [0.15, 0.2) is 84.9 Å². The molecule has 0 unspecified atom stereocenters. The number of ether oxygens (including phenoxy) is 2. The van der Waals surface area contributed by atoms with E-state index in [1.54, 1.807) is 30.3 Å². The van der Waals surface area contributed by atoms with E-state index in [0.717, 1.165) is 16.3 Å². The second kappa shape index (κ2) is 11.2. The van der Waals surface area contributed by atoms with Gasteiger partial charge in [0.2, 0.25) is 0 Å². The third kappa shape index (κ3) is 6.00. The quantitative estimate of drug-likeness (QED) is 0.217. The average Bonchev–Trinajstić information content (AvgIpc) is 2.87. The van der Waals surface area contributed by atoms with E-state index < -0.39 is 0 Å². The summed E-state index contributed by atoms with van der Waals surface area (Å²) in [5, 5.41) is 15.0. The normalized spacial score (nSPS) is 11.1. The summed E-state index contributed by atoms with van der Waals surface area (Å²) in [6.45, 7) is 1.99. The summed E-state index contributed by atoms with van der Waals surface area (Å²) in [6.07, 6.45) is 1.75. The fourth-order valence-corrected chi connectivity index (χ4v) is 3.91. The van der Waals surface area contributed by atoms with Crippen LogP contribution in [0.25, 0.3) is 22.4 Å². The Hall–Kier alpha value is -4.27. The number of carbonyl (C=O) groups is 1. The van der Waals surface area contributed by atoms with Crippen molar-refractivity contribution in [1.29, 1.82) is 5.26 Å². The van der Waals surface area contributed by atoms with Gasteiger partial charge in [0.15, 0.2) is 18.1 Å². The van der Waals surface area contributed by atoms with Crippen LogP contribution in [0.4, 0.5) is 5.69 Å². The number of halogens is 1. The average molecular weight is 483 g/mol. The Morgan fingerprint density at radius 2 is 1.71 bits per heavy atom. The van der Waals surface area contributed by atoms with Gasteiger partial charge in [-0.1, -0.05) is 66.2 Å². The molecule has 0 atom stereocenters. The monoisotopic (exact) mass is 482 g/mol. The zero-order valence-corrected chi connectivity index (χ0v) is 19.9. The lowest BCUT2D eigenvalue weighted by Crippen LogP contribution is -2.20. The van der Waals surface area contributed by atoms with Crippen LogP contribution in [-0.2, 0) is 4.79 Å². The van der Waals surface area contributed by atoms with Gasteiger partial charge in [-0.05, 0) is 65.2 Å². The Morgan fingerprint density at radius 1 is 0.971 bits per heavy atom. The van der Waals surface area contributed by atoms with Gasteiger partial charge in [-0.25, -0.2) is 0 Å². The van der Waals surface area contributed by atoms with Crippen LogP contribution in [0.2, 0.25) is 5.02 Å². The number of carbonyl (C=O) groups excluding carboxylic acids is 1. The second-order valence-corrected chi connectivity index (χ2v) is 8.10. The number of hydrogen-bond acceptors (Lipinski definition) is 4. The summed E-state index contributed by atoms with van der Waals surface area (Å²) in [5.74, 6) is 0.356. The number of benzene rings is 4. The number of rotatable bonds is 8. The molecule has 0 fully saturated rings. The Bertz CT molecular complexity index is 1430. The molecule has 0 aliphatic carbocycles. The van der Waals surface area contributed by atoms with Crippen LogP contribution in [0.1, 0.15) is 18.1 Å². The second-order valence-electron chi connectivity index (χ2n) is 7.70. The smallest absolute Gasteiger partial charge is 0.262 e. The molecule has 1 N–H and O–H groups in total. The number of anilines is 1. The van der Waals surface area contributed by atoms with Gasteiger partial charge >= 0.3 is 0 Å². The van der Waals surface area contributed by atoms with Gasteiger partial charge in [-0.15, -0.1) is 0 Å². The zero-order valence-electron chi connectivity index (χ0n) is 19.1. The molecule has 0 saturated heterocycles. The minimum Gasteiger partial charge on any atom is -0.490 e. The van der Waals surface area contributed by atoms with E-state index in [1.165, 1.54) is 0 Å². The van der Waals surface area contributed by atoms with Gasteiger partial charge in [0, 0.05) is 5.69 Å². The summed E-state index contributed by atoms with van der Waals surface area (Å²) in [7, 11) is 0. The molecule has 4 aromatic rings. The molecule has 174 valence electrons. The molecular formula is C29H23ClN2O3. The van der Waals surface area contributed by atoms with Crippen LogP contribution >= 0.6 is 11.6 Å². The maximum atomic E-state index is 12.3. The molecule has 0 spiro atoms. The Morgan fingerprint density at radius 3 is 2.46 bits per heavy atom. The van der Waals surface area contributed by atoms with Gasteiger partial charge in [0.05, 0.1) is 23.3 Å². The number of nitriles is 1. The molecule has 4 aromatic carbocycles. The fraction of sp³-hybridized carbons (Fsp3) is 0.103. The van der Waals surface area contributed by atoms with E-state index in [1.807, 2.05) is 67.6 Å². The highest BCUT2D eigenvalue weighted by atomic mass is 35.5. The van der Waals surface area contributed by atoms with Crippen molar-refractivity contribution >= 4 is 45.6 Å². The molecule has 0 bridgehead atoms. The van der Waals surface area contributed by atoms with E-state index in [2.05, 4.69) is 11.4 Å². The molecule has 4 rings (SSSR count). The van der Waals surface area contributed by atoms with Crippen molar-refractivity contribution in [1.82, 2.24) is 0 Å². The lowest BCUT2D eigenvalue weighted by atomic mass is 10.00. The number of nitrogens with one attached hydrogen (secondary N) is 1. The molecule has 6 heteroatoms. The molecule has 0 radical (unpaired) electrons. The highest BCUT2D eigenvalue weighted by Crippen LogP contribution is 2.38. The summed E-state index contributed by atoms with van der Waals surface area (Å²) >= 11 is 6.52. The van der Waals surface area contributed by atoms with Crippen LogP contribution in [0, 0.1) is 11.3 Å². The van der Waals surface area contributed by atoms with Crippen LogP contribution < -0.4 is 14.8 Å². The van der Waals surface area contributed by atoms with E-state index in [0.29, 0.717) is 29.2 Å². The first-order valence-electron chi connectivity index (χ1n) is 11.1. The minimum atomic E-state index is -0.318. The van der Waals surface area contributed by atoms with E-state index >= 15 is 0 Å². The number of para-hydroxylation sites is 1. The first-order chi connectivity index (χ1) is 17.1. The topological polar surface area (TPSA) is 71.3 Å². The van der Waals surface area contributed by atoms with Crippen molar-refractivity contribution < 1.29 is 14.3 Å².